The highest BCUT2D eigenvalue weighted by Gasteiger charge is 2.16. The van der Waals surface area contributed by atoms with Crippen molar-refractivity contribution in [3.63, 3.8) is 0 Å². The molecule has 3 nitrogen and oxygen atoms in total. The van der Waals surface area contributed by atoms with Crippen molar-refractivity contribution in [2.75, 3.05) is 11.9 Å². The molecule has 0 aromatic carbocycles. The Balaban J connectivity index is 2.03. The molecule has 2 rings (SSSR count). The second kappa shape index (κ2) is 6.58. The second-order valence-electron chi connectivity index (χ2n) is 4.92. The number of rotatable bonds is 4. The lowest BCUT2D eigenvalue weighted by molar-refractivity contribution is 0.561. The van der Waals surface area contributed by atoms with Crippen molar-refractivity contribution in [2.45, 2.75) is 57.8 Å². The van der Waals surface area contributed by atoms with E-state index in [1.165, 1.54) is 38.5 Å². The Hall–Kier alpha value is -1.12. The zero-order valence-electron chi connectivity index (χ0n) is 10.8. The second-order valence-corrected chi connectivity index (χ2v) is 4.92. The Kier molecular flexibility index (Phi) is 4.77. The van der Waals surface area contributed by atoms with Crippen LogP contribution < -0.4 is 5.32 Å². The Morgan fingerprint density at radius 3 is 2.71 bits per heavy atom. The van der Waals surface area contributed by atoms with Gasteiger partial charge in [0.1, 0.15) is 11.6 Å². The minimum atomic E-state index is 0.584. The van der Waals surface area contributed by atoms with Crippen LogP contribution in [0.4, 0.5) is 5.82 Å². The summed E-state index contributed by atoms with van der Waals surface area (Å²) in [4.78, 5) is 9.12. The summed E-state index contributed by atoms with van der Waals surface area (Å²) in [6.45, 7) is 3.15. The molecule has 0 aliphatic heterocycles. The summed E-state index contributed by atoms with van der Waals surface area (Å²) >= 11 is 0. The van der Waals surface area contributed by atoms with E-state index in [0.717, 1.165) is 24.6 Å². The maximum atomic E-state index is 4.65. The lowest BCUT2D eigenvalue weighted by Gasteiger charge is -2.13. The fourth-order valence-electron chi connectivity index (χ4n) is 2.46. The first-order valence-electron chi connectivity index (χ1n) is 6.97. The Morgan fingerprint density at radius 1 is 1.24 bits per heavy atom. The van der Waals surface area contributed by atoms with Gasteiger partial charge in [-0.15, -0.1) is 0 Å². The van der Waals surface area contributed by atoms with Gasteiger partial charge in [-0.3, -0.25) is 0 Å². The predicted molar refractivity (Wildman–Crippen MR) is 71.3 cm³/mol. The molecule has 17 heavy (non-hydrogen) atoms. The molecule has 1 aromatic rings. The van der Waals surface area contributed by atoms with Crippen LogP contribution in [0, 0.1) is 0 Å². The number of hydrogen-bond donors (Lipinski definition) is 1. The molecule has 0 unspecified atom stereocenters. The first kappa shape index (κ1) is 12.3. The summed E-state index contributed by atoms with van der Waals surface area (Å²) in [5.74, 6) is 2.62. The van der Waals surface area contributed by atoms with Crippen molar-refractivity contribution in [1.82, 2.24) is 9.97 Å². The summed E-state index contributed by atoms with van der Waals surface area (Å²) < 4.78 is 0. The number of hydrogen-bond acceptors (Lipinski definition) is 3. The molecular weight excluding hydrogens is 210 g/mol. The highest BCUT2D eigenvalue weighted by Crippen LogP contribution is 2.29. The summed E-state index contributed by atoms with van der Waals surface area (Å²) in [7, 11) is 0. The van der Waals surface area contributed by atoms with Crippen LogP contribution in [-0.2, 0) is 0 Å². The molecule has 0 saturated heterocycles. The van der Waals surface area contributed by atoms with Crippen molar-refractivity contribution in [3.05, 3.63) is 18.1 Å². The summed E-state index contributed by atoms with van der Waals surface area (Å²) in [5, 5.41) is 3.34. The van der Waals surface area contributed by atoms with E-state index >= 15 is 0 Å². The van der Waals surface area contributed by atoms with E-state index in [-0.39, 0.29) is 0 Å². The highest BCUT2D eigenvalue weighted by molar-refractivity contribution is 5.33. The minimum absolute atomic E-state index is 0.584. The van der Waals surface area contributed by atoms with Gasteiger partial charge >= 0.3 is 0 Å². The minimum Gasteiger partial charge on any atom is -0.370 e. The largest absolute Gasteiger partial charge is 0.370 e. The van der Waals surface area contributed by atoms with Gasteiger partial charge in [0, 0.05) is 18.7 Å². The first-order chi connectivity index (χ1) is 8.40. The van der Waals surface area contributed by atoms with Crippen LogP contribution in [0.2, 0.25) is 0 Å². The Labute approximate surface area is 104 Å². The molecule has 1 heterocycles. The molecule has 0 bridgehead atoms. The van der Waals surface area contributed by atoms with Crippen molar-refractivity contribution >= 4 is 5.82 Å². The van der Waals surface area contributed by atoms with Gasteiger partial charge in [-0.25, -0.2) is 9.97 Å². The van der Waals surface area contributed by atoms with E-state index in [4.69, 9.17) is 0 Å². The van der Waals surface area contributed by atoms with E-state index in [2.05, 4.69) is 22.2 Å². The van der Waals surface area contributed by atoms with Crippen LogP contribution in [0.15, 0.2) is 12.3 Å². The van der Waals surface area contributed by atoms with Gasteiger partial charge in [0.25, 0.3) is 0 Å². The maximum Gasteiger partial charge on any atom is 0.133 e. The van der Waals surface area contributed by atoms with Gasteiger partial charge in [-0.2, -0.15) is 0 Å². The molecule has 1 N–H and O–H groups in total. The third kappa shape index (κ3) is 3.69. The molecule has 1 aliphatic carbocycles. The lowest BCUT2D eigenvalue weighted by Crippen LogP contribution is -2.08. The number of aromatic nitrogens is 2. The van der Waals surface area contributed by atoms with E-state index < -0.39 is 0 Å². The molecule has 1 aromatic heterocycles. The molecule has 1 aliphatic rings. The van der Waals surface area contributed by atoms with Gasteiger partial charge in [0.05, 0.1) is 0 Å². The van der Waals surface area contributed by atoms with Gasteiger partial charge in [0.2, 0.25) is 0 Å². The van der Waals surface area contributed by atoms with Gasteiger partial charge < -0.3 is 5.32 Å². The molecule has 3 heteroatoms. The van der Waals surface area contributed by atoms with E-state index in [9.17, 15) is 0 Å². The molecule has 0 amide bonds. The molecular formula is C14H23N3. The monoisotopic (exact) mass is 233 g/mol. The SMILES string of the molecule is CCCNc1ccnc(C2CCCCCC2)n1. The molecule has 0 radical (unpaired) electrons. The molecule has 1 fully saturated rings. The molecule has 0 atom stereocenters. The Bertz CT molecular complexity index is 330. The standard InChI is InChI=1S/C14H23N3/c1-2-10-15-13-9-11-16-14(17-13)12-7-5-3-4-6-8-12/h9,11-12H,2-8,10H2,1H3,(H,15,16,17). The quantitative estimate of drug-likeness (QED) is 0.805. The van der Waals surface area contributed by atoms with Crippen LogP contribution in [0.3, 0.4) is 0 Å². The average molecular weight is 233 g/mol. The van der Waals surface area contributed by atoms with Crippen molar-refractivity contribution in [3.8, 4) is 0 Å². The average Bonchev–Trinajstić information content (AvgIpc) is 2.65. The summed E-state index contributed by atoms with van der Waals surface area (Å²) in [6.07, 6.45) is 11.0. The number of nitrogens with one attached hydrogen (secondary N) is 1. The van der Waals surface area contributed by atoms with Crippen molar-refractivity contribution in [2.24, 2.45) is 0 Å². The van der Waals surface area contributed by atoms with Gasteiger partial charge in [-0.05, 0) is 25.3 Å². The van der Waals surface area contributed by atoms with Crippen LogP contribution >= 0.6 is 0 Å². The summed E-state index contributed by atoms with van der Waals surface area (Å²) in [5.41, 5.74) is 0. The first-order valence-corrected chi connectivity index (χ1v) is 6.97. The van der Waals surface area contributed by atoms with Crippen LogP contribution in [0.1, 0.15) is 63.6 Å². The topological polar surface area (TPSA) is 37.8 Å². The molecule has 94 valence electrons. The summed E-state index contributed by atoms with van der Waals surface area (Å²) in [6, 6.07) is 1.97. The smallest absolute Gasteiger partial charge is 0.133 e. The van der Waals surface area contributed by atoms with E-state index in [0.29, 0.717) is 5.92 Å². The highest BCUT2D eigenvalue weighted by atomic mass is 15.0. The molecule has 1 saturated carbocycles. The lowest BCUT2D eigenvalue weighted by atomic mass is 9.99. The van der Waals surface area contributed by atoms with Crippen LogP contribution in [-0.4, -0.2) is 16.5 Å². The third-order valence-corrected chi connectivity index (χ3v) is 3.45. The van der Waals surface area contributed by atoms with E-state index in [1.807, 2.05) is 12.3 Å². The van der Waals surface area contributed by atoms with Crippen molar-refractivity contribution in [1.29, 1.82) is 0 Å². The maximum absolute atomic E-state index is 4.65. The third-order valence-electron chi connectivity index (χ3n) is 3.45. The fourth-order valence-corrected chi connectivity index (χ4v) is 2.46. The number of nitrogens with zero attached hydrogens (tertiary/aromatic N) is 2. The zero-order valence-corrected chi connectivity index (χ0v) is 10.8. The van der Waals surface area contributed by atoms with Gasteiger partial charge in [0.15, 0.2) is 0 Å². The molecule has 0 spiro atoms. The van der Waals surface area contributed by atoms with Crippen LogP contribution in [0.5, 0.6) is 0 Å². The number of anilines is 1. The van der Waals surface area contributed by atoms with Crippen LogP contribution in [0.25, 0.3) is 0 Å². The fraction of sp³-hybridized carbons (Fsp3) is 0.714. The van der Waals surface area contributed by atoms with Gasteiger partial charge in [-0.1, -0.05) is 32.6 Å². The van der Waals surface area contributed by atoms with E-state index in [1.54, 1.807) is 0 Å². The normalized spacial score (nSPS) is 17.7. The zero-order chi connectivity index (χ0) is 11.9. The van der Waals surface area contributed by atoms with Crippen molar-refractivity contribution < 1.29 is 0 Å². The Morgan fingerprint density at radius 2 is 2.00 bits per heavy atom. The predicted octanol–water partition coefficient (Wildman–Crippen LogP) is 3.74.